The van der Waals surface area contributed by atoms with Gasteiger partial charge in [-0.3, -0.25) is 4.79 Å². The van der Waals surface area contributed by atoms with Gasteiger partial charge in [0, 0.05) is 68.5 Å². The summed E-state index contributed by atoms with van der Waals surface area (Å²) in [4.78, 5) is 40.5. The Morgan fingerprint density at radius 3 is 2.41 bits per heavy atom. The van der Waals surface area contributed by atoms with Crippen LogP contribution in [0.3, 0.4) is 0 Å². The molecule has 1 N–H and O–H groups in total. The smallest absolute Gasteiger partial charge is 0.406 e. The zero-order valence-electron chi connectivity index (χ0n) is 20.9. The highest BCUT2D eigenvalue weighted by Crippen LogP contribution is 2.31. The van der Waals surface area contributed by atoms with Gasteiger partial charge in [0.2, 0.25) is 0 Å². The van der Waals surface area contributed by atoms with Gasteiger partial charge in [-0.05, 0) is 37.1 Å². The third-order valence-corrected chi connectivity index (χ3v) is 7.73. The fourth-order valence-electron chi connectivity index (χ4n) is 4.73. The average molecular weight is 561 g/mol. The van der Waals surface area contributed by atoms with Crippen LogP contribution < -0.4 is 15.0 Å². The van der Waals surface area contributed by atoms with Crippen molar-refractivity contribution in [2.75, 3.05) is 49.5 Å². The molecule has 0 bridgehead atoms. The van der Waals surface area contributed by atoms with Gasteiger partial charge in [-0.15, -0.1) is 24.5 Å². The summed E-state index contributed by atoms with van der Waals surface area (Å²) in [5.41, 5.74) is 0.366. The van der Waals surface area contributed by atoms with Gasteiger partial charge < -0.3 is 24.8 Å². The van der Waals surface area contributed by atoms with Crippen LogP contribution in [0, 0.1) is 0 Å². The van der Waals surface area contributed by atoms with Crippen LogP contribution in [0.2, 0.25) is 0 Å². The number of benzene rings is 1. The number of carbonyl (C=O) groups excluding carboxylic acids is 2. The second kappa shape index (κ2) is 11.5. The number of piperidine rings is 1. The zero-order chi connectivity index (χ0) is 27.4. The summed E-state index contributed by atoms with van der Waals surface area (Å²) in [6.07, 6.45) is -1.57. The van der Waals surface area contributed by atoms with E-state index in [1.54, 1.807) is 11.6 Å². The molecular weight excluding hydrogens is 533 g/mol. The second-order valence-corrected chi connectivity index (χ2v) is 10.2. The van der Waals surface area contributed by atoms with E-state index >= 15 is 0 Å². The number of nitrogens with one attached hydrogen (secondary N) is 1. The van der Waals surface area contributed by atoms with E-state index in [0.29, 0.717) is 26.2 Å². The van der Waals surface area contributed by atoms with E-state index in [1.165, 1.54) is 23.5 Å². The van der Waals surface area contributed by atoms with Crippen LogP contribution >= 0.6 is 11.3 Å². The Kier molecular flexibility index (Phi) is 7.87. The van der Waals surface area contributed by atoms with Gasteiger partial charge in [0.15, 0.2) is 0 Å². The van der Waals surface area contributed by atoms with Gasteiger partial charge in [-0.1, -0.05) is 12.1 Å². The number of likely N-dealkylation sites (tertiary alicyclic amines) is 1. The van der Waals surface area contributed by atoms with Gasteiger partial charge >= 0.3 is 12.4 Å². The highest BCUT2D eigenvalue weighted by atomic mass is 32.1. The van der Waals surface area contributed by atoms with E-state index < -0.39 is 18.0 Å². The van der Waals surface area contributed by atoms with E-state index in [2.05, 4.69) is 24.9 Å². The maximum atomic E-state index is 13.1. The molecule has 0 atom stereocenters. The molecule has 0 spiro atoms. The Morgan fingerprint density at radius 2 is 1.72 bits per heavy atom. The summed E-state index contributed by atoms with van der Waals surface area (Å²) in [6, 6.07) is 10.9. The standard InChI is InChI=1S/C26H27F3N6O3S/c27-26(28,29)38-20-5-3-4-19(16-20)31-23(36)21-17-39-24(32-21)18-7-10-34(11-8-18)25(37)35-14-12-33(13-15-35)22-6-1-2-9-30-22/h1-6,9,16-18H,7-8,10-15H2,(H,31,36). The van der Waals surface area contributed by atoms with Crippen molar-refractivity contribution in [2.24, 2.45) is 0 Å². The lowest BCUT2D eigenvalue weighted by Crippen LogP contribution is -2.54. The third-order valence-electron chi connectivity index (χ3n) is 6.72. The number of anilines is 2. The van der Waals surface area contributed by atoms with Gasteiger partial charge in [-0.2, -0.15) is 0 Å². The molecule has 2 saturated heterocycles. The Balaban J connectivity index is 1.10. The largest absolute Gasteiger partial charge is 0.573 e. The number of hydrogen-bond donors (Lipinski definition) is 1. The summed E-state index contributed by atoms with van der Waals surface area (Å²) in [5, 5.41) is 5.01. The van der Waals surface area contributed by atoms with E-state index in [-0.39, 0.29) is 23.3 Å². The SMILES string of the molecule is O=C(Nc1cccc(OC(F)(F)F)c1)c1csc(C2CCN(C(=O)N3CCN(c4ccccn4)CC3)CC2)n1. The lowest BCUT2D eigenvalue weighted by Gasteiger charge is -2.39. The predicted octanol–water partition coefficient (Wildman–Crippen LogP) is 4.81. The van der Waals surface area contributed by atoms with Gasteiger partial charge in [0.05, 0.1) is 5.01 Å². The Hall–Kier alpha value is -3.87. The number of thiazole rings is 1. The molecule has 3 amide bonds. The van der Waals surface area contributed by atoms with Crippen molar-refractivity contribution in [1.29, 1.82) is 0 Å². The number of ether oxygens (including phenoxy) is 1. The minimum atomic E-state index is -4.82. The highest BCUT2D eigenvalue weighted by Gasteiger charge is 2.32. The van der Waals surface area contributed by atoms with Crippen molar-refractivity contribution < 1.29 is 27.5 Å². The molecule has 2 aliphatic heterocycles. The quantitative estimate of drug-likeness (QED) is 0.482. The summed E-state index contributed by atoms with van der Waals surface area (Å²) in [7, 11) is 0. The van der Waals surface area contributed by atoms with E-state index in [1.807, 2.05) is 28.0 Å². The van der Waals surface area contributed by atoms with Crippen LogP contribution in [-0.4, -0.2) is 77.3 Å². The minimum Gasteiger partial charge on any atom is -0.406 e. The number of nitrogens with zero attached hydrogens (tertiary/aromatic N) is 5. The highest BCUT2D eigenvalue weighted by molar-refractivity contribution is 7.10. The number of amides is 3. The number of halogens is 3. The number of rotatable bonds is 5. The first kappa shape index (κ1) is 26.7. The number of alkyl halides is 3. The van der Waals surface area contributed by atoms with Crippen molar-refractivity contribution >= 4 is 34.8 Å². The third kappa shape index (κ3) is 6.77. The fraction of sp³-hybridized carbons (Fsp3) is 0.385. The van der Waals surface area contributed by atoms with Crippen LogP contribution in [-0.2, 0) is 0 Å². The molecule has 0 unspecified atom stereocenters. The molecule has 206 valence electrons. The van der Waals surface area contributed by atoms with E-state index in [4.69, 9.17) is 0 Å². The monoisotopic (exact) mass is 560 g/mol. The Bertz CT molecular complexity index is 1290. The number of pyridine rings is 1. The first-order valence-corrected chi connectivity index (χ1v) is 13.5. The van der Waals surface area contributed by atoms with Crippen LogP contribution in [0.5, 0.6) is 5.75 Å². The first-order chi connectivity index (χ1) is 18.7. The van der Waals surface area contributed by atoms with Gasteiger partial charge in [0.25, 0.3) is 5.91 Å². The van der Waals surface area contributed by atoms with Crippen molar-refractivity contribution in [3.63, 3.8) is 0 Å². The number of carbonyl (C=O) groups is 2. The molecule has 39 heavy (non-hydrogen) atoms. The van der Waals surface area contributed by atoms with E-state index in [9.17, 15) is 22.8 Å². The van der Waals surface area contributed by atoms with E-state index in [0.717, 1.165) is 48.9 Å². The molecule has 9 nitrogen and oxygen atoms in total. The molecule has 3 aromatic rings. The van der Waals surface area contributed by atoms with Crippen LogP contribution in [0.15, 0.2) is 54.0 Å². The molecule has 1 aromatic carbocycles. The predicted molar refractivity (Wildman–Crippen MR) is 140 cm³/mol. The number of hydrogen-bond acceptors (Lipinski definition) is 7. The van der Waals surface area contributed by atoms with Crippen molar-refractivity contribution in [1.82, 2.24) is 19.8 Å². The van der Waals surface area contributed by atoms with Crippen molar-refractivity contribution in [2.45, 2.75) is 25.1 Å². The summed E-state index contributed by atoms with van der Waals surface area (Å²) in [5.74, 6) is 0.116. The molecule has 4 heterocycles. The second-order valence-electron chi connectivity index (χ2n) is 9.31. The molecule has 2 aromatic heterocycles. The molecule has 0 radical (unpaired) electrons. The Labute approximate surface area is 227 Å². The van der Waals surface area contributed by atoms with Crippen LogP contribution in [0.1, 0.15) is 34.3 Å². The average Bonchev–Trinajstić information content (AvgIpc) is 3.43. The molecule has 2 fully saturated rings. The number of piperazine rings is 1. The minimum absolute atomic E-state index is 0.0464. The number of urea groups is 1. The van der Waals surface area contributed by atoms with Crippen LogP contribution in [0.4, 0.5) is 29.5 Å². The molecule has 2 aliphatic rings. The van der Waals surface area contributed by atoms with Gasteiger partial charge in [0.1, 0.15) is 17.3 Å². The lowest BCUT2D eigenvalue weighted by molar-refractivity contribution is -0.274. The lowest BCUT2D eigenvalue weighted by atomic mass is 9.98. The summed E-state index contributed by atoms with van der Waals surface area (Å²) >= 11 is 1.37. The topological polar surface area (TPSA) is 90.9 Å². The van der Waals surface area contributed by atoms with Gasteiger partial charge in [-0.25, -0.2) is 14.8 Å². The normalized spacial score (nSPS) is 16.7. The maximum Gasteiger partial charge on any atom is 0.573 e. The maximum absolute atomic E-state index is 13.1. The fourth-order valence-corrected chi connectivity index (χ4v) is 5.70. The Morgan fingerprint density at radius 1 is 0.974 bits per heavy atom. The first-order valence-electron chi connectivity index (χ1n) is 12.6. The summed E-state index contributed by atoms with van der Waals surface area (Å²) < 4.78 is 41.3. The molecule has 5 rings (SSSR count). The molecular formula is C26H27F3N6O3S. The number of aromatic nitrogens is 2. The van der Waals surface area contributed by atoms with Crippen molar-refractivity contribution in [3.05, 3.63) is 64.7 Å². The molecule has 0 aliphatic carbocycles. The van der Waals surface area contributed by atoms with Crippen molar-refractivity contribution in [3.8, 4) is 5.75 Å². The molecule has 13 heteroatoms. The van der Waals surface area contributed by atoms with Crippen LogP contribution in [0.25, 0.3) is 0 Å². The summed E-state index contributed by atoms with van der Waals surface area (Å²) in [6.45, 7) is 3.98. The molecule has 0 saturated carbocycles. The zero-order valence-corrected chi connectivity index (χ0v) is 21.7.